The summed E-state index contributed by atoms with van der Waals surface area (Å²) in [5.41, 5.74) is 7.77. The predicted molar refractivity (Wildman–Crippen MR) is 95.8 cm³/mol. The summed E-state index contributed by atoms with van der Waals surface area (Å²) >= 11 is 6.02. The monoisotopic (exact) mass is 355 g/mol. The van der Waals surface area contributed by atoms with Crippen molar-refractivity contribution in [1.82, 2.24) is 9.88 Å². The average Bonchev–Trinajstić information content (AvgIpc) is 2.97. The molecule has 0 spiro atoms. The molecule has 1 aromatic carbocycles. The molecule has 2 N–H and O–H groups in total. The van der Waals surface area contributed by atoms with Crippen LogP contribution in [0.2, 0.25) is 5.02 Å². The van der Waals surface area contributed by atoms with Gasteiger partial charge in [0.05, 0.1) is 5.69 Å². The van der Waals surface area contributed by atoms with Crippen molar-refractivity contribution in [3.05, 3.63) is 41.2 Å². The zero-order valence-corrected chi connectivity index (χ0v) is 14.8. The number of halogens is 2. The molecule has 2 aromatic rings. The van der Waals surface area contributed by atoms with E-state index in [0.717, 1.165) is 36.7 Å². The minimum Gasteiger partial charge on any atom is -0.444 e. The smallest absolute Gasteiger partial charge is 0.226 e. The van der Waals surface area contributed by atoms with Gasteiger partial charge in [0, 0.05) is 29.7 Å². The molecule has 1 aliphatic heterocycles. The molecule has 1 saturated heterocycles. The average molecular weight is 356 g/mol. The quantitative estimate of drug-likeness (QED) is 0.901. The van der Waals surface area contributed by atoms with Gasteiger partial charge in [-0.2, -0.15) is 0 Å². The van der Waals surface area contributed by atoms with E-state index >= 15 is 0 Å². The van der Waals surface area contributed by atoms with Crippen LogP contribution in [0.3, 0.4) is 0 Å². The molecule has 6 heteroatoms. The van der Waals surface area contributed by atoms with Crippen molar-refractivity contribution in [1.29, 1.82) is 0 Å². The van der Waals surface area contributed by atoms with Crippen molar-refractivity contribution < 1.29 is 4.42 Å². The Morgan fingerprint density at radius 1 is 1.43 bits per heavy atom. The molecule has 3 rings (SSSR count). The summed E-state index contributed by atoms with van der Waals surface area (Å²) in [4.78, 5) is 7.01. The normalized spacial score (nSPS) is 21.9. The number of hydrogen-bond donors (Lipinski definition) is 1. The first-order valence-electron chi connectivity index (χ1n) is 7.80. The predicted octanol–water partition coefficient (Wildman–Crippen LogP) is 3.98. The lowest BCUT2D eigenvalue weighted by atomic mass is 9.92. The zero-order chi connectivity index (χ0) is 15.5. The molecule has 0 radical (unpaired) electrons. The molecule has 1 aliphatic rings. The van der Waals surface area contributed by atoms with Crippen molar-refractivity contribution in [2.75, 3.05) is 13.1 Å². The third kappa shape index (κ3) is 4.48. The Morgan fingerprint density at radius 2 is 2.26 bits per heavy atom. The summed E-state index contributed by atoms with van der Waals surface area (Å²) in [6.45, 7) is 4.86. The number of benzene rings is 1. The van der Waals surface area contributed by atoms with Crippen LogP contribution in [-0.2, 0) is 6.54 Å². The fourth-order valence-corrected chi connectivity index (χ4v) is 3.29. The molecule has 23 heavy (non-hydrogen) atoms. The van der Waals surface area contributed by atoms with Gasteiger partial charge in [-0.3, -0.25) is 4.90 Å². The van der Waals surface area contributed by atoms with E-state index in [4.69, 9.17) is 21.8 Å². The van der Waals surface area contributed by atoms with Crippen LogP contribution in [-0.4, -0.2) is 29.0 Å². The van der Waals surface area contributed by atoms with Gasteiger partial charge in [-0.1, -0.05) is 24.6 Å². The molecular formula is C17H23Cl2N3O. The lowest BCUT2D eigenvalue weighted by molar-refractivity contribution is 0.114. The summed E-state index contributed by atoms with van der Waals surface area (Å²) in [7, 11) is 0. The molecule has 0 aliphatic carbocycles. The minimum atomic E-state index is 0. The molecule has 0 saturated carbocycles. The lowest BCUT2D eigenvalue weighted by Crippen LogP contribution is -2.45. The third-order valence-corrected chi connectivity index (χ3v) is 4.60. The second kappa shape index (κ2) is 8.15. The maximum absolute atomic E-state index is 6.02. The first kappa shape index (κ1) is 18.3. The van der Waals surface area contributed by atoms with E-state index in [1.807, 2.05) is 24.3 Å². The van der Waals surface area contributed by atoms with Crippen molar-refractivity contribution in [2.45, 2.75) is 32.4 Å². The molecule has 0 bridgehead atoms. The number of oxazole rings is 1. The maximum Gasteiger partial charge on any atom is 0.226 e. The summed E-state index contributed by atoms with van der Waals surface area (Å²) < 4.78 is 5.61. The molecule has 2 heterocycles. The molecule has 1 fully saturated rings. The van der Waals surface area contributed by atoms with Crippen LogP contribution in [0.1, 0.15) is 25.5 Å². The fourth-order valence-electron chi connectivity index (χ4n) is 3.10. The highest BCUT2D eigenvalue weighted by atomic mass is 35.5. The van der Waals surface area contributed by atoms with E-state index in [1.165, 1.54) is 6.42 Å². The third-order valence-electron chi connectivity index (χ3n) is 4.36. The van der Waals surface area contributed by atoms with Crippen LogP contribution < -0.4 is 5.73 Å². The number of aromatic nitrogens is 1. The van der Waals surface area contributed by atoms with Gasteiger partial charge in [-0.15, -0.1) is 12.4 Å². The molecule has 2 atom stereocenters. The molecule has 4 nitrogen and oxygen atoms in total. The van der Waals surface area contributed by atoms with Gasteiger partial charge in [0.15, 0.2) is 0 Å². The van der Waals surface area contributed by atoms with E-state index in [0.29, 0.717) is 23.5 Å². The highest BCUT2D eigenvalue weighted by Gasteiger charge is 2.26. The Balaban J connectivity index is 0.00000192. The van der Waals surface area contributed by atoms with Crippen molar-refractivity contribution >= 4 is 24.0 Å². The number of nitrogens with two attached hydrogens (primary N) is 1. The Labute approximate surface area is 148 Å². The first-order valence-corrected chi connectivity index (χ1v) is 8.18. The number of rotatable bonds is 4. The molecular weight excluding hydrogens is 333 g/mol. The van der Waals surface area contributed by atoms with Gasteiger partial charge in [0.25, 0.3) is 0 Å². The SMILES string of the molecule is CC1CCN(Cc2coc(-c3cccc(Cl)c3)n2)C(CN)C1.Cl. The Morgan fingerprint density at radius 3 is 3.00 bits per heavy atom. The van der Waals surface area contributed by atoms with Crippen molar-refractivity contribution in [3.8, 4) is 11.5 Å². The minimum absolute atomic E-state index is 0. The van der Waals surface area contributed by atoms with Crippen LogP contribution >= 0.6 is 24.0 Å². The lowest BCUT2D eigenvalue weighted by Gasteiger charge is -2.37. The standard InChI is InChI=1S/C17H22ClN3O.ClH/c1-12-5-6-21(16(7-12)9-19)10-15-11-22-17(20-15)13-3-2-4-14(18)8-13;/h2-4,8,11-12,16H,5-7,9-10,19H2,1H3;1H. The highest BCUT2D eigenvalue weighted by Crippen LogP contribution is 2.25. The van der Waals surface area contributed by atoms with E-state index < -0.39 is 0 Å². The highest BCUT2D eigenvalue weighted by molar-refractivity contribution is 6.30. The van der Waals surface area contributed by atoms with Gasteiger partial charge < -0.3 is 10.2 Å². The first-order chi connectivity index (χ1) is 10.7. The number of nitrogens with zero attached hydrogens (tertiary/aromatic N) is 2. The summed E-state index contributed by atoms with van der Waals surface area (Å²) in [5, 5.41) is 0.686. The van der Waals surface area contributed by atoms with Gasteiger partial charge >= 0.3 is 0 Å². The van der Waals surface area contributed by atoms with Crippen LogP contribution in [0, 0.1) is 5.92 Å². The summed E-state index contributed by atoms with van der Waals surface area (Å²) in [6, 6.07) is 8.00. The van der Waals surface area contributed by atoms with Crippen LogP contribution in [0.5, 0.6) is 0 Å². The second-order valence-corrected chi connectivity index (χ2v) is 6.58. The Kier molecular flexibility index (Phi) is 6.48. The second-order valence-electron chi connectivity index (χ2n) is 6.14. The van der Waals surface area contributed by atoms with Gasteiger partial charge in [0.2, 0.25) is 5.89 Å². The van der Waals surface area contributed by atoms with E-state index in [9.17, 15) is 0 Å². The van der Waals surface area contributed by atoms with Gasteiger partial charge in [-0.05, 0) is 43.5 Å². The summed E-state index contributed by atoms with van der Waals surface area (Å²) in [5.74, 6) is 1.37. The Bertz CT molecular complexity index is 632. The van der Waals surface area contributed by atoms with Gasteiger partial charge in [-0.25, -0.2) is 4.98 Å². The van der Waals surface area contributed by atoms with Crippen molar-refractivity contribution in [3.63, 3.8) is 0 Å². The summed E-state index contributed by atoms with van der Waals surface area (Å²) in [6.07, 6.45) is 4.12. The number of hydrogen-bond acceptors (Lipinski definition) is 4. The van der Waals surface area contributed by atoms with Gasteiger partial charge in [0.1, 0.15) is 6.26 Å². The van der Waals surface area contributed by atoms with Crippen LogP contribution in [0.15, 0.2) is 34.9 Å². The zero-order valence-electron chi connectivity index (χ0n) is 13.2. The Hall–Kier alpha value is -1.07. The van der Waals surface area contributed by atoms with E-state index in [1.54, 1.807) is 6.26 Å². The van der Waals surface area contributed by atoms with Crippen molar-refractivity contribution in [2.24, 2.45) is 11.7 Å². The molecule has 2 unspecified atom stereocenters. The molecule has 0 amide bonds. The molecule has 1 aromatic heterocycles. The fraction of sp³-hybridized carbons (Fsp3) is 0.471. The number of likely N-dealkylation sites (tertiary alicyclic amines) is 1. The maximum atomic E-state index is 6.02. The number of piperidine rings is 1. The molecule has 126 valence electrons. The van der Waals surface area contributed by atoms with Crippen LogP contribution in [0.25, 0.3) is 11.5 Å². The van der Waals surface area contributed by atoms with E-state index in [2.05, 4.69) is 16.8 Å². The van der Waals surface area contributed by atoms with E-state index in [-0.39, 0.29) is 12.4 Å². The van der Waals surface area contributed by atoms with Crippen LogP contribution in [0.4, 0.5) is 0 Å². The largest absolute Gasteiger partial charge is 0.444 e. The topological polar surface area (TPSA) is 55.3 Å².